The first-order chi connectivity index (χ1) is 7.50. The lowest BCUT2D eigenvalue weighted by molar-refractivity contribution is 0.0937. The van der Waals surface area contributed by atoms with Gasteiger partial charge in [-0.15, -0.1) is 0 Å². The van der Waals surface area contributed by atoms with E-state index < -0.39 is 12.1 Å². The molecule has 1 amide bonds. The maximum atomic E-state index is 11.6. The summed E-state index contributed by atoms with van der Waals surface area (Å²) in [5.74, 6) is -0.229. The smallest absolute Gasteiger partial charge is 0.251 e. The molecular formula is C11H15ClN2O2. The molecule has 0 aliphatic rings. The molecule has 0 fully saturated rings. The molecule has 0 saturated carbocycles. The average Bonchev–Trinajstić information content (AvgIpc) is 2.26. The summed E-state index contributed by atoms with van der Waals surface area (Å²) in [4.78, 5) is 11.6. The molecule has 5 heteroatoms. The number of hydrogen-bond donors (Lipinski definition) is 3. The molecule has 0 aliphatic heterocycles. The van der Waals surface area contributed by atoms with Crippen molar-refractivity contribution in [2.75, 3.05) is 6.54 Å². The summed E-state index contributed by atoms with van der Waals surface area (Å²) in [6, 6.07) is 6.09. The van der Waals surface area contributed by atoms with Crippen molar-refractivity contribution in [3.63, 3.8) is 0 Å². The number of halogens is 1. The van der Waals surface area contributed by atoms with Crippen molar-refractivity contribution < 1.29 is 9.90 Å². The number of nitrogens with two attached hydrogens (primary N) is 1. The highest BCUT2D eigenvalue weighted by atomic mass is 35.5. The molecule has 0 aliphatic carbocycles. The van der Waals surface area contributed by atoms with Crippen molar-refractivity contribution in [3.05, 3.63) is 34.9 Å². The van der Waals surface area contributed by atoms with Crippen molar-refractivity contribution >= 4 is 17.5 Å². The number of carbonyl (C=O) groups is 1. The van der Waals surface area contributed by atoms with Gasteiger partial charge in [0.25, 0.3) is 5.91 Å². The molecule has 0 bridgehead atoms. The fourth-order valence-corrected chi connectivity index (χ4v) is 1.21. The van der Waals surface area contributed by atoms with Crippen LogP contribution in [0, 0.1) is 0 Å². The van der Waals surface area contributed by atoms with Crippen LogP contribution in [0.2, 0.25) is 5.02 Å². The van der Waals surface area contributed by atoms with Crippen LogP contribution >= 0.6 is 11.6 Å². The number of aliphatic hydroxyl groups is 1. The zero-order chi connectivity index (χ0) is 12.1. The van der Waals surface area contributed by atoms with Crippen LogP contribution in [0.4, 0.5) is 0 Å². The van der Waals surface area contributed by atoms with Crippen LogP contribution in [0.25, 0.3) is 0 Å². The maximum Gasteiger partial charge on any atom is 0.251 e. The molecule has 1 aromatic carbocycles. The van der Waals surface area contributed by atoms with E-state index >= 15 is 0 Å². The Balaban J connectivity index is 2.50. The zero-order valence-electron chi connectivity index (χ0n) is 8.98. The van der Waals surface area contributed by atoms with E-state index in [-0.39, 0.29) is 12.5 Å². The largest absolute Gasteiger partial charge is 0.392 e. The molecule has 4 N–H and O–H groups in total. The fourth-order valence-electron chi connectivity index (χ4n) is 1.08. The van der Waals surface area contributed by atoms with Gasteiger partial charge in [-0.25, -0.2) is 0 Å². The first kappa shape index (κ1) is 13.0. The lowest BCUT2D eigenvalue weighted by Crippen LogP contribution is -2.43. The van der Waals surface area contributed by atoms with Gasteiger partial charge >= 0.3 is 0 Å². The van der Waals surface area contributed by atoms with Gasteiger partial charge in [0.1, 0.15) is 0 Å². The quantitative estimate of drug-likeness (QED) is 0.730. The average molecular weight is 243 g/mol. The number of amides is 1. The van der Waals surface area contributed by atoms with E-state index in [1.54, 1.807) is 31.2 Å². The second-order valence-electron chi connectivity index (χ2n) is 3.62. The lowest BCUT2D eigenvalue weighted by atomic mass is 10.2. The first-order valence-electron chi connectivity index (χ1n) is 4.98. The minimum atomic E-state index is -0.648. The minimum absolute atomic E-state index is 0.229. The van der Waals surface area contributed by atoms with Gasteiger partial charge in [0.2, 0.25) is 0 Å². The van der Waals surface area contributed by atoms with Crippen LogP contribution in [-0.4, -0.2) is 29.7 Å². The Bertz CT molecular complexity index is 352. The standard InChI is InChI=1S/C11H15ClN2O2/c1-7(15)10(13)6-14-11(16)8-2-4-9(12)5-3-8/h2-5,7,10,15H,6,13H2,1H3,(H,14,16). The number of nitrogens with one attached hydrogen (secondary N) is 1. The van der Waals surface area contributed by atoms with E-state index in [9.17, 15) is 4.79 Å². The summed E-state index contributed by atoms with van der Waals surface area (Å²) in [6.07, 6.45) is -0.648. The summed E-state index contributed by atoms with van der Waals surface area (Å²) >= 11 is 5.70. The normalized spacial score (nSPS) is 14.2. The molecule has 16 heavy (non-hydrogen) atoms. The topological polar surface area (TPSA) is 75.3 Å². The SMILES string of the molecule is CC(O)C(N)CNC(=O)c1ccc(Cl)cc1. The van der Waals surface area contributed by atoms with Crippen molar-refractivity contribution in [1.29, 1.82) is 0 Å². The van der Waals surface area contributed by atoms with Crippen molar-refractivity contribution in [1.82, 2.24) is 5.32 Å². The summed E-state index contributed by atoms with van der Waals surface area (Å²) in [7, 11) is 0. The van der Waals surface area contributed by atoms with Gasteiger partial charge in [0.15, 0.2) is 0 Å². The Kier molecular flexibility index (Phi) is 4.73. The summed E-state index contributed by atoms with van der Waals surface area (Å²) in [6.45, 7) is 1.82. The van der Waals surface area contributed by atoms with Gasteiger partial charge in [0, 0.05) is 23.2 Å². The van der Waals surface area contributed by atoms with Gasteiger partial charge < -0.3 is 16.2 Å². The fraction of sp³-hybridized carbons (Fsp3) is 0.364. The molecular weight excluding hydrogens is 228 g/mol. The van der Waals surface area contributed by atoms with Crippen LogP contribution in [-0.2, 0) is 0 Å². The van der Waals surface area contributed by atoms with Crippen LogP contribution in [0.5, 0.6) is 0 Å². The molecule has 2 unspecified atom stereocenters. The van der Waals surface area contributed by atoms with E-state index in [0.717, 1.165) is 0 Å². The van der Waals surface area contributed by atoms with Gasteiger partial charge in [0.05, 0.1) is 6.10 Å². The second kappa shape index (κ2) is 5.84. The zero-order valence-corrected chi connectivity index (χ0v) is 9.74. The molecule has 0 spiro atoms. The minimum Gasteiger partial charge on any atom is -0.392 e. The number of aliphatic hydroxyl groups excluding tert-OH is 1. The Morgan fingerprint density at radius 2 is 2.06 bits per heavy atom. The second-order valence-corrected chi connectivity index (χ2v) is 4.06. The first-order valence-corrected chi connectivity index (χ1v) is 5.36. The predicted octanol–water partition coefficient (Wildman–Crippen LogP) is 0.778. The molecule has 0 saturated heterocycles. The Hall–Kier alpha value is -1.10. The summed E-state index contributed by atoms with van der Waals surface area (Å²) in [5.41, 5.74) is 6.10. The molecule has 0 aromatic heterocycles. The van der Waals surface area contributed by atoms with E-state index in [0.29, 0.717) is 10.6 Å². The lowest BCUT2D eigenvalue weighted by Gasteiger charge is -2.15. The van der Waals surface area contributed by atoms with E-state index in [4.69, 9.17) is 22.4 Å². The van der Waals surface area contributed by atoms with E-state index in [2.05, 4.69) is 5.32 Å². The third-order valence-electron chi connectivity index (χ3n) is 2.22. The molecule has 1 aromatic rings. The highest BCUT2D eigenvalue weighted by molar-refractivity contribution is 6.30. The third kappa shape index (κ3) is 3.81. The summed E-state index contributed by atoms with van der Waals surface area (Å²) in [5, 5.41) is 12.4. The Labute approximate surface area is 99.4 Å². The predicted molar refractivity (Wildman–Crippen MR) is 63.4 cm³/mol. The van der Waals surface area contributed by atoms with Crippen LogP contribution < -0.4 is 11.1 Å². The monoisotopic (exact) mass is 242 g/mol. The van der Waals surface area contributed by atoms with Crippen LogP contribution in [0.15, 0.2) is 24.3 Å². The van der Waals surface area contributed by atoms with E-state index in [1.807, 2.05) is 0 Å². The van der Waals surface area contributed by atoms with Crippen molar-refractivity contribution in [3.8, 4) is 0 Å². The molecule has 1 rings (SSSR count). The van der Waals surface area contributed by atoms with Gasteiger partial charge in [-0.05, 0) is 31.2 Å². The van der Waals surface area contributed by atoms with Crippen molar-refractivity contribution in [2.45, 2.75) is 19.1 Å². The third-order valence-corrected chi connectivity index (χ3v) is 2.48. The summed E-state index contributed by atoms with van der Waals surface area (Å²) < 4.78 is 0. The highest BCUT2D eigenvalue weighted by Crippen LogP contribution is 2.09. The number of rotatable bonds is 4. The molecule has 2 atom stereocenters. The molecule has 0 radical (unpaired) electrons. The van der Waals surface area contributed by atoms with Crippen LogP contribution in [0.1, 0.15) is 17.3 Å². The van der Waals surface area contributed by atoms with Crippen molar-refractivity contribution in [2.24, 2.45) is 5.73 Å². The molecule has 0 heterocycles. The highest BCUT2D eigenvalue weighted by Gasteiger charge is 2.11. The number of carbonyl (C=O) groups excluding carboxylic acids is 1. The van der Waals surface area contributed by atoms with Crippen LogP contribution in [0.3, 0.4) is 0 Å². The molecule has 4 nitrogen and oxygen atoms in total. The number of benzene rings is 1. The Morgan fingerprint density at radius 1 is 1.50 bits per heavy atom. The maximum absolute atomic E-state index is 11.6. The van der Waals surface area contributed by atoms with Gasteiger partial charge in [-0.1, -0.05) is 11.6 Å². The number of hydrogen-bond acceptors (Lipinski definition) is 3. The molecule has 88 valence electrons. The van der Waals surface area contributed by atoms with E-state index in [1.165, 1.54) is 0 Å². The van der Waals surface area contributed by atoms with Gasteiger partial charge in [-0.2, -0.15) is 0 Å². The van der Waals surface area contributed by atoms with Gasteiger partial charge in [-0.3, -0.25) is 4.79 Å². The Morgan fingerprint density at radius 3 is 2.56 bits per heavy atom.